The van der Waals surface area contributed by atoms with Crippen LogP contribution in [0, 0.1) is 0 Å². The predicted molar refractivity (Wildman–Crippen MR) is 149 cm³/mol. The molecular weight excluding hydrogens is 557 g/mol. The summed E-state index contributed by atoms with van der Waals surface area (Å²) in [6, 6.07) is 10.2. The number of nitrogens with one attached hydrogen (secondary N) is 2. The molecule has 0 saturated carbocycles. The van der Waals surface area contributed by atoms with Crippen molar-refractivity contribution in [3.05, 3.63) is 53.2 Å². The van der Waals surface area contributed by atoms with Crippen LogP contribution in [0.5, 0.6) is 5.75 Å². The number of anilines is 1. The number of hydrogen-bond acceptors (Lipinski definition) is 7. The van der Waals surface area contributed by atoms with E-state index in [1.54, 1.807) is 19.2 Å². The number of pyridine rings is 1. The highest BCUT2D eigenvalue weighted by Crippen LogP contribution is 2.38. The fourth-order valence-corrected chi connectivity index (χ4v) is 5.48. The number of ether oxygens (including phenoxy) is 1. The summed E-state index contributed by atoms with van der Waals surface area (Å²) < 4.78 is 37.3. The number of alkyl halides is 3. The van der Waals surface area contributed by atoms with Crippen LogP contribution in [0.2, 0.25) is 0 Å². The fraction of sp³-hybridized carbons (Fsp3) is 0.517. The Bertz CT molecular complexity index is 1220. The number of carboxylic acid groups (broad SMARTS) is 2. The molecule has 230 valence electrons. The first kappa shape index (κ1) is 32.6. The van der Waals surface area contributed by atoms with Crippen molar-refractivity contribution in [3.63, 3.8) is 0 Å². The molecular formula is C29H37F3N4O6. The summed E-state index contributed by atoms with van der Waals surface area (Å²) in [6.07, 6.45) is 1.83. The number of aliphatic carboxylic acids is 1. The summed E-state index contributed by atoms with van der Waals surface area (Å²) in [5.74, 6) is -2.20. The molecule has 1 amide bonds. The van der Waals surface area contributed by atoms with Crippen LogP contribution >= 0.6 is 0 Å². The first-order chi connectivity index (χ1) is 19.8. The van der Waals surface area contributed by atoms with Gasteiger partial charge in [0.05, 0.1) is 12.7 Å². The van der Waals surface area contributed by atoms with Crippen LogP contribution in [-0.2, 0) is 11.2 Å². The van der Waals surface area contributed by atoms with E-state index in [1.807, 2.05) is 18.2 Å². The molecule has 0 spiro atoms. The third-order valence-corrected chi connectivity index (χ3v) is 7.32. The van der Waals surface area contributed by atoms with E-state index >= 15 is 0 Å². The van der Waals surface area contributed by atoms with Crippen LogP contribution in [0.3, 0.4) is 0 Å². The number of carbonyl (C=O) groups excluding carboxylic acids is 1. The number of hydrogen-bond donors (Lipinski definition) is 4. The first-order valence-corrected chi connectivity index (χ1v) is 13.8. The van der Waals surface area contributed by atoms with E-state index in [1.165, 1.54) is 6.20 Å². The van der Waals surface area contributed by atoms with Crippen molar-refractivity contribution in [2.24, 2.45) is 0 Å². The lowest BCUT2D eigenvalue weighted by molar-refractivity contribution is -0.192. The van der Waals surface area contributed by atoms with Gasteiger partial charge >= 0.3 is 18.1 Å². The van der Waals surface area contributed by atoms with Crippen LogP contribution in [0.4, 0.5) is 19.0 Å². The maximum absolute atomic E-state index is 13.4. The van der Waals surface area contributed by atoms with E-state index in [4.69, 9.17) is 19.7 Å². The SMILES string of the molecule is COc1cccc(C(=O)N[C@H]2C[C@H]3CC[C@@H](C2)N3c2ccc(C(=O)O)cn2)c1CCCNC(C)C.O=C(O)C(F)(F)F. The average Bonchev–Trinajstić information content (AvgIpc) is 3.20. The van der Waals surface area contributed by atoms with Crippen molar-refractivity contribution in [1.29, 1.82) is 0 Å². The smallest absolute Gasteiger partial charge is 0.490 e. The van der Waals surface area contributed by atoms with Gasteiger partial charge in [0.1, 0.15) is 11.6 Å². The van der Waals surface area contributed by atoms with Crippen LogP contribution in [-0.4, -0.2) is 77.0 Å². The zero-order chi connectivity index (χ0) is 31.0. The summed E-state index contributed by atoms with van der Waals surface area (Å²) in [5.41, 5.74) is 1.84. The minimum Gasteiger partial charge on any atom is -0.496 e. The highest BCUT2D eigenvalue weighted by molar-refractivity contribution is 5.96. The van der Waals surface area contributed by atoms with E-state index in [0.717, 1.165) is 62.2 Å². The Labute approximate surface area is 242 Å². The molecule has 2 fully saturated rings. The standard InChI is InChI=1S/C27H36N4O4.C2HF3O2/c1-17(2)28-13-5-7-22-23(6-4-8-24(22)35-3)26(32)30-19-14-20-10-11-21(15-19)31(20)25-12-9-18(16-29-25)27(33)34;3-2(4,5)1(6)7/h4,6,8-9,12,16-17,19-21,28H,5,7,10-11,13-15H2,1-3H3,(H,30,32)(H,33,34);(H,6,7)/t19-,20+,21-;. The molecule has 2 aliphatic rings. The second-order valence-corrected chi connectivity index (χ2v) is 10.6. The van der Waals surface area contributed by atoms with Gasteiger partial charge in [0.25, 0.3) is 5.91 Å². The zero-order valence-corrected chi connectivity index (χ0v) is 23.8. The van der Waals surface area contributed by atoms with E-state index in [9.17, 15) is 22.8 Å². The van der Waals surface area contributed by atoms with E-state index in [-0.39, 0.29) is 29.6 Å². The third-order valence-electron chi connectivity index (χ3n) is 7.32. The summed E-state index contributed by atoms with van der Waals surface area (Å²) >= 11 is 0. The highest BCUT2D eigenvalue weighted by Gasteiger charge is 2.42. The number of piperidine rings is 1. The molecule has 2 aromatic rings. The van der Waals surface area contributed by atoms with Gasteiger partial charge in [-0.25, -0.2) is 14.6 Å². The molecule has 13 heteroatoms. The molecule has 10 nitrogen and oxygen atoms in total. The Hall–Kier alpha value is -3.87. The molecule has 0 radical (unpaired) electrons. The van der Waals surface area contributed by atoms with Crippen molar-refractivity contribution in [2.75, 3.05) is 18.6 Å². The van der Waals surface area contributed by atoms with Gasteiger partial charge in [-0.1, -0.05) is 19.9 Å². The number of amides is 1. The summed E-state index contributed by atoms with van der Waals surface area (Å²) in [5, 5.41) is 23.0. The maximum Gasteiger partial charge on any atom is 0.490 e. The van der Waals surface area contributed by atoms with Crippen LogP contribution in [0.1, 0.15) is 72.2 Å². The molecule has 1 aromatic carbocycles. The van der Waals surface area contributed by atoms with Gasteiger partial charge in [0.15, 0.2) is 0 Å². The van der Waals surface area contributed by atoms with Crippen LogP contribution in [0.25, 0.3) is 0 Å². The Balaban J connectivity index is 0.000000616. The molecule has 2 aliphatic heterocycles. The number of methoxy groups -OCH3 is 1. The van der Waals surface area contributed by atoms with Gasteiger partial charge in [-0.15, -0.1) is 0 Å². The number of carboxylic acids is 2. The lowest BCUT2D eigenvalue weighted by Gasteiger charge is -2.40. The fourth-order valence-electron chi connectivity index (χ4n) is 5.48. The molecule has 0 unspecified atom stereocenters. The van der Waals surface area contributed by atoms with Crippen molar-refractivity contribution >= 4 is 23.7 Å². The third kappa shape index (κ3) is 8.57. The number of benzene rings is 1. The van der Waals surface area contributed by atoms with Gasteiger partial charge in [0, 0.05) is 41.5 Å². The number of fused-ring (bicyclic) bond motifs is 2. The van der Waals surface area contributed by atoms with Gasteiger partial charge in [-0.3, -0.25) is 4.79 Å². The Morgan fingerprint density at radius 3 is 2.24 bits per heavy atom. The first-order valence-electron chi connectivity index (χ1n) is 13.8. The van der Waals surface area contributed by atoms with Crippen molar-refractivity contribution in [3.8, 4) is 5.75 Å². The van der Waals surface area contributed by atoms with Gasteiger partial charge in [0.2, 0.25) is 0 Å². The monoisotopic (exact) mass is 594 g/mol. The summed E-state index contributed by atoms with van der Waals surface area (Å²) in [6.45, 7) is 5.14. The Morgan fingerprint density at radius 1 is 1.10 bits per heavy atom. The number of carbonyl (C=O) groups is 3. The second-order valence-electron chi connectivity index (χ2n) is 10.6. The van der Waals surface area contributed by atoms with Crippen LogP contribution < -0.4 is 20.3 Å². The number of aromatic nitrogens is 1. The zero-order valence-electron chi connectivity index (χ0n) is 23.8. The number of aromatic carboxylic acids is 1. The van der Waals surface area contributed by atoms with Crippen molar-refractivity contribution in [1.82, 2.24) is 15.6 Å². The highest BCUT2D eigenvalue weighted by atomic mass is 19.4. The summed E-state index contributed by atoms with van der Waals surface area (Å²) in [4.78, 5) is 40.1. The number of rotatable bonds is 10. The molecule has 3 atom stereocenters. The van der Waals surface area contributed by atoms with Crippen molar-refractivity contribution in [2.45, 2.75) is 82.7 Å². The lowest BCUT2D eigenvalue weighted by Crippen LogP contribution is -2.50. The Morgan fingerprint density at radius 2 is 1.74 bits per heavy atom. The number of halogens is 3. The van der Waals surface area contributed by atoms with Gasteiger partial charge < -0.3 is 30.5 Å². The summed E-state index contributed by atoms with van der Waals surface area (Å²) in [7, 11) is 1.65. The normalized spacial score (nSPS) is 19.6. The topological polar surface area (TPSA) is 141 Å². The van der Waals surface area contributed by atoms with E-state index in [2.05, 4.69) is 34.4 Å². The maximum atomic E-state index is 13.4. The largest absolute Gasteiger partial charge is 0.496 e. The molecule has 2 saturated heterocycles. The molecule has 1 aromatic heterocycles. The quantitative estimate of drug-likeness (QED) is 0.297. The molecule has 2 bridgehead atoms. The number of nitrogens with zero attached hydrogens (tertiary/aromatic N) is 2. The predicted octanol–water partition coefficient (Wildman–Crippen LogP) is 4.28. The Kier molecular flexibility index (Phi) is 11.1. The molecule has 3 heterocycles. The van der Waals surface area contributed by atoms with E-state index in [0.29, 0.717) is 11.6 Å². The second kappa shape index (κ2) is 14.3. The minimum atomic E-state index is -5.08. The lowest BCUT2D eigenvalue weighted by atomic mass is 9.95. The van der Waals surface area contributed by atoms with Crippen LogP contribution in [0.15, 0.2) is 36.5 Å². The molecule has 4 rings (SSSR count). The molecule has 4 N–H and O–H groups in total. The molecule has 42 heavy (non-hydrogen) atoms. The van der Waals surface area contributed by atoms with E-state index < -0.39 is 18.1 Å². The minimum absolute atomic E-state index is 0.0440. The molecule has 0 aliphatic carbocycles. The average molecular weight is 595 g/mol. The van der Waals surface area contributed by atoms with Gasteiger partial charge in [-0.2, -0.15) is 13.2 Å². The van der Waals surface area contributed by atoms with Gasteiger partial charge in [-0.05, 0) is 69.3 Å². The van der Waals surface area contributed by atoms with Crippen molar-refractivity contribution < 1.29 is 42.5 Å².